The molecule has 0 aromatic carbocycles. The number of thioether (sulfide) groups is 2. The van der Waals surface area contributed by atoms with Crippen LogP contribution in [0.2, 0.25) is 0 Å². The third kappa shape index (κ3) is 2.61. The fourth-order valence-corrected chi connectivity index (χ4v) is 4.14. The Morgan fingerprint density at radius 2 is 1.85 bits per heavy atom. The normalized spacial score (nSPS) is 21.8. The number of carbonyl (C=O) groups is 2. The van der Waals surface area contributed by atoms with Crippen LogP contribution in [-0.2, 0) is 9.59 Å². The quantitative estimate of drug-likeness (QED) is 0.403. The lowest BCUT2D eigenvalue weighted by molar-refractivity contribution is -0.119. The average Bonchev–Trinajstić information content (AvgIpc) is 2.34. The summed E-state index contributed by atoms with van der Waals surface area (Å²) in [5.41, 5.74) is 0.388. The maximum absolute atomic E-state index is 11.2. The Kier molecular flexibility index (Phi) is 3.62. The van der Waals surface area contributed by atoms with Crippen LogP contribution in [0.15, 0.2) is 9.81 Å². The van der Waals surface area contributed by atoms with Gasteiger partial charge in [0.1, 0.15) is 0 Å². The number of carbonyl (C=O) groups excluding carboxylic acids is 2. The van der Waals surface area contributed by atoms with Crippen molar-refractivity contribution in [1.29, 1.82) is 0 Å². The third-order valence-electron chi connectivity index (χ3n) is 1.67. The van der Waals surface area contributed by atoms with E-state index in [9.17, 15) is 9.59 Å². The number of ketones is 2. The zero-order valence-corrected chi connectivity index (χ0v) is 9.55. The van der Waals surface area contributed by atoms with Gasteiger partial charge in [-0.15, -0.1) is 23.5 Å². The van der Waals surface area contributed by atoms with Crippen molar-refractivity contribution in [3.63, 3.8) is 0 Å². The highest BCUT2D eigenvalue weighted by molar-refractivity contribution is 8.25. The van der Waals surface area contributed by atoms with Crippen molar-refractivity contribution in [2.45, 2.75) is 26.0 Å². The molecule has 0 amide bonds. The van der Waals surface area contributed by atoms with Crippen LogP contribution in [0.25, 0.3) is 0 Å². The molecule has 4 heteroatoms. The Morgan fingerprint density at radius 1 is 1.31 bits per heavy atom. The van der Waals surface area contributed by atoms with Crippen molar-refractivity contribution < 1.29 is 9.59 Å². The van der Waals surface area contributed by atoms with Crippen LogP contribution in [0.1, 0.15) is 20.8 Å². The lowest BCUT2D eigenvalue weighted by atomic mass is 10.1. The number of hydrogen-bond donors (Lipinski definition) is 0. The van der Waals surface area contributed by atoms with Gasteiger partial charge in [-0.1, -0.05) is 6.92 Å². The van der Waals surface area contributed by atoms with Crippen LogP contribution in [0, 0.1) is 0 Å². The van der Waals surface area contributed by atoms with Gasteiger partial charge in [0.2, 0.25) is 0 Å². The number of rotatable bonds is 2. The lowest BCUT2D eigenvalue weighted by Gasteiger charge is -2.02. The highest BCUT2D eigenvalue weighted by Gasteiger charge is 2.24. The molecular weight excluding hydrogens is 204 g/mol. The molecule has 2 nitrogen and oxygen atoms in total. The van der Waals surface area contributed by atoms with Gasteiger partial charge in [-0.3, -0.25) is 9.59 Å². The fourth-order valence-electron chi connectivity index (χ4n) is 1.11. The van der Waals surface area contributed by atoms with E-state index in [-0.39, 0.29) is 11.6 Å². The zero-order valence-electron chi connectivity index (χ0n) is 7.92. The second-order valence-corrected chi connectivity index (χ2v) is 5.75. The molecule has 1 aliphatic heterocycles. The summed E-state index contributed by atoms with van der Waals surface area (Å²) in [5, 5.41) is 0.508. The van der Waals surface area contributed by atoms with Crippen molar-refractivity contribution in [1.82, 2.24) is 0 Å². The minimum atomic E-state index is -0.114. The predicted octanol–water partition coefficient (Wildman–Crippen LogP) is 2.24. The predicted molar refractivity (Wildman–Crippen MR) is 57.9 cm³/mol. The molecule has 1 saturated heterocycles. The van der Waals surface area contributed by atoms with E-state index < -0.39 is 0 Å². The standard InChI is InChI=1S/C9H12O2S2/c1-5-4-12-9(13-5)8(6(2)10)7(3)11/h5H,4H2,1-3H3. The molecule has 1 fully saturated rings. The van der Waals surface area contributed by atoms with E-state index in [4.69, 9.17) is 0 Å². The third-order valence-corrected chi connectivity index (χ3v) is 4.64. The molecule has 72 valence electrons. The van der Waals surface area contributed by atoms with Crippen molar-refractivity contribution in [2.24, 2.45) is 0 Å². The summed E-state index contributed by atoms with van der Waals surface area (Å²) in [7, 11) is 0. The van der Waals surface area contributed by atoms with Gasteiger partial charge < -0.3 is 0 Å². The fraction of sp³-hybridized carbons (Fsp3) is 0.556. The average molecular weight is 216 g/mol. The maximum Gasteiger partial charge on any atom is 0.165 e. The summed E-state index contributed by atoms with van der Waals surface area (Å²) < 4.78 is 0.910. The molecule has 1 rings (SSSR count). The van der Waals surface area contributed by atoms with Crippen molar-refractivity contribution in [2.75, 3.05) is 5.75 Å². The minimum absolute atomic E-state index is 0.114. The Bertz CT molecular complexity index is 265. The van der Waals surface area contributed by atoms with Gasteiger partial charge in [-0.25, -0.2) is 0 Å². The molecule has 1 aliphatic rings. The second-order valence-electron chi connectivity index (χ2n) is 3.01. The van der Waals surface area contributed by atoms with Gasteiger partial charge in [0.25, 0.3) is 0 Å². The van der Waals surface area contributed by atoms with E-state index in [1.807, 2.05) is 0 Å². The highest BCUT2D eigenvalue weighted by Crippen LogP contribution is 2.43. The van der Waals surface area contributed by atoms with E-state index in [0.29, 0.717) is 10.8 Å². The Balaban J connectivity index is 2.97. The molecular formula is C9H12O2S2. The van der Waals surface area contributed by atoms with Crippen LogP contribution in [0.3, 0.4) is 0 Å². The van der Waals surface area contributed by atoms with E-state index in [1.54, 1.807) is 23.5 Å². The van der Waals surface area contributed by atoms with Crippen molar-refractivity contribution in [3.8, 4) is 0 Å². The summed E-state index contributed by atoms with van der Waals surface area (Å²) in [4.78, 5) is 22.3. The molecule has 0 aliphatic carbocycles. The highest BCUT2D eigenvalue weighted by atomic mass is 32.2. The van der Waals surface area contributed by atoms with E-state index in [1.165, 1.54) is 13.8 Å². The molecule has 1 heterocycles. The minimum Gasteiger partial charge on any atom is -0.294 e. The summed E-state index contributed by atoms with van der Waals surface area (Å²) in [5.74, 6) is 0.762. The van der Waals surface area contributed by atoms with Crippen molar-refractivity contribution >= 4 is 35.1 Å². The summed E-state index contributed by atoms with van der Waals surface area (Å²) in [6, 6.07) is 0. The number of hydrogen-bond acceptors (Lipinski definition) is 4. The SMILES string of the molecule is CC(=O)C(C(C)=O)=C1SCC(C)S1. The van der Waals surface area contributed by atoms with Gasteiger partial charge in [-0.05, 0) is 13.8 Å². The smallest absolute Gasteiger partial charge is 0.165 e. The van der Waals surface area contributed by atoms with E-state index in [0.717, 1.165) is 9.99 Å². The zero-order chi connectivity index (χ0) is 10.0. The molecule has 1 unspecified atom stereocenters. The Labute approximate surface area is 86.5 Å². The first kappa shape index (κ1) is 10.9. The Hall–Kier alpha value is -0.220. The van der Waals surface area contributed by atoms with Crippen molar-refractivity contribution in [3.05, 3.63) is 9.81 Å². The maximum atomic E-state index is 11.2. The van der Waals surface area contributed by atoms with Crippen LogP contribution < -0.4 is 0 Å². The summed E-state index contributed by atoms with van der Waals surface area (Å²) >= 11 is 3.25. The molecule has 0 saturated carbocycles. The molecule has 0 aromatic rings. The number of allylic oxidation sites excluding steroid dienone is 1. The monoisotopic (exact) mass is 216 g/mol. The topological polar surface area (TPSA) is 34.1 Å². The van der Waals surface area contributed by atoms with Gasteiger partial charge >= 0.3 is 0 Å². The summed E-state index contributed by atoms with van der Waals surface area (Å²) in [6.45, 7) is 5.00. The first-order chi connectivity index (χ1) is 6.02. The van der Waals surface area contributed by atoms with Crippen LogP contribution in [0.4, 0.5) is 0 Å². The number of Topliss-reactive ketones (excluding diaryl/α,β-unsaturated/α-hetero) is 2. The molecule has 0 bridgehead atoms. The Morgan fingerprint density at radius 3 is 2.15 bits per heavy atom. The van der Waals surface area contributed by atoms with Gasteiger partial charge in [0.15, 0.2) is 11.6 Å². The second kappa shape index (κ2) is 4.33. The van der Waals surface area contributed by atoms with E-state index >= 15 is 0 Å². The largest absolute Gasteiger partial charge is 0.294 e. The molecule has 0 spiro atoms. The van der Waals surface area contributed by atoms with Crippen LogP contribution in [0.5, 0.6) is 0 Å². The van der Waals surface area contributed by atoms with E-state index in [2.05, 4.69) is 6.92 Å². The molecule has 0 radical (unpaired) electrons. The molecule has 13 heavy (non-hydrogen) atoms. The lowest BCUT2D eigenvalue weighted by Crippen LogP contribution is -2.07. The molecule has 1 atom stereocenters. The first-order valence-electron chi connectivity index (χ1n) is 4.08. The molecule has 0 N–H and O–H groups in total. The first-order valence-corrected chi connectivity index (χ1v) is 5.94. The van der Waals surface area contributed by atoms with Crippen LogP contribution >= 0.6 is 23.5 Å². The van der Waals surface area contributed by atoms with Gasteiger partial charge in [-0.2, -0.15) is 0 Å². The van der Waals surface area contributed by atoms with Gasteiger partial charge in [0, 0.05) is 11.0 Å². The van der Waals surface area contributed by atoms with Gasteiger partial charge in [0.05, 0.1) is 9.81 Å². The van der Waals surface area contributed by atoms with Crippen LogP contribution in [-0.4, -0.2) is 22.6 Å². The summed E-state index contributed by atoms with van der Waals surface area (Å²) in [6.07, 6.45) is 0. The molecule has 0 aromatic heterocycles.